The third-order valence-corrected chi connectivity index (χ3v) is 4.21. The maximum atomic E-state index is 12.7. The van der Waals surface area contributed by atoms with Gasteiger partial charge in [-0.25, -0.2) is 0 Å². The fourth-order valence-electron chi connectivity index (χ4n) is 2.43. The molecule has 0 radical (unpaired) electrons. The molecule has 0 aromatic heterocycles. The van der Waals surface area contributed by atoms with Gasteiger partial charge in [0.1, 0.15) is 5.75 Å². The van der Waals surface area contributed by atoms with Crippen LogP contribution in [0.15, 0.2) is 24.3 Å². The van der Waals surface area contributed by atoms with Gasteiger partial charge in [-0.3, -0.25) is 9.59 Å². The molecule has 1 aromatic rings. The van der Waals surface area contributed by atoms with Gasteiger partial charge in [0.2, 0.25) is 0 Å². The van der Waals surface area contributed by atoms with E-state index < -0.39 is 11.9 Å². The zero-order valence-corrected chi connectivity index (χ0v) is 14.7. The van der Waals surface area contributed by atoms with Gasteiger partial charge in [-0.2, -0.15) is 0 Å². The first-order chi connectivity index (χ1) is 11.4. The summed E-state index contributed by atoms with van der Waals surface area (Å²) in [5.41, 5.74) is 0.579. The second-order valence-corrected chi connectivity index (χ2v) is 6.98. The smallest absolute Gasteiger partial charge is 0.308 e. The van der Waals surface area contributed by atoms with Gasteiger partial charge in [0.25, 0.3) is 5.91 Å². The number of hydrogen-bond donors (Lipinski definition) is 1. The Balaban J connectivity index is 1.98. The molecule has 1 amide bonds. The van der Waals surface area contributed by atoms with Crippen LogP contribution >= 0.6 is 0 Å². The van der Waals surface area contributed by atoms with Crippen LogP contribution in [0.4, 0.5) is 0 Å². The molecule has 1 N–H and O–H groups in total. The molecule has 2 rings (SSSR count). The minimum atomic E-state index is -0.873. The minimum Gasteiger partial charge on any atom is -0.494 e. The van der Waals surface area contributed by atoms with Gasteiger partial charge in [-0.05, 0) is 49.4 Å². The van der Waals surface area contributed by atoms with E-state index in [0.717, 1.165) is 25.0 Å². The number of carboxylic acid groups (broad SMARTS) is 1. The molecular weight excluding hydrogens is 306 g/mol. The number of hydrogen-bond acceptors (Lipinski definition) is 3. The van der Waals surface area contributed by atoms with Gasteiger partial charge >= 0.3 is 5.97 Å². The first-order valence-electron chi connectivity index (χ1n) is 8.65. The van der Waals surface area contributed by atoms with E-state index in [-0.39, 0.29) is 18.5 Å². The third kappa shape index (κ3) is 5.25. The lowest BCUT2D eigenvalue weighted by Gasteiger charge is -2.24. The highest BCUT2D eigenvalue weighted by molar-refractivity contribution is 5.95. The van der Waals surface area contributed by atoms with Crippen molar-refractivity contribution < 1.29 is 19.4 Å². The molecular formula is C19H27NO4. The molecule has 5 heteroatoms. The Morgan fingerprint density at radius 1 is 1.21 bits per heavy atom. The van der Waals surface area contributed by atoms with Gasteiger partial charge in [0.05, 0.1) is 12.5 Å². The van der Waals surface area contributed by atoms with Crippen molar-refractivity contribution >= 4 is 11.9 Å². The van der Waals surface area contributed by atoms with Crippen molar-refractivity contribution in [1.29, 1.82) is 0 Å². The molecule has 1 unspecified atom stereocenters. The van der Waals surface area contributed by atoms with Crippen molar-refractivity contribution in [2.24, 2.45) is 11.8 Å². The normalized spacial score (nSPS) is 15.2. The highest BCUT2D eigenvalue weighted by Crippen LogP contribution is 2.29. The van der Waals surface area contributed by atoms with Crippen LogP contribution in [0.3, 0.4) is 0 Å². The predicted octanol–water partition coefficient (Wildman–Crippen LogP) is 3.44. The summed E-state index contributed by atoms with van der Waals surface area (Å²) in [5, 5.41) is 9.09. The summed E-state index contributed by atoms with van der Waals surface area (Å²) in [7, 11) is 0. The number of nitrogens with zero attached hydrogens (tertiary/aromatic N) is 1. The summed E-state index contributed by atoms with van der Waals surface area (Å²) in [6, 6.07) is 7.31. The first kappa shape index (κ1) is 18.3. The SMILES string of the molecule is CC(C)CCOc1ccc(C(=O)N(CC(C)C(=O)O)C2CC2)cc1. The molecule has 132 valence electrons. The van der Waals surface area contributed by atoms with E-state index in [1.54, 1.807) is 36.1 Å². The van der Waals surface area contributed by atoms with Crippen LogP contribution in [0.25, 0.3) is 0 Å². The van der Waals surface area contributed by atoms with Crippen molar-refractivity contribution in [1.82, 2.24) is 4.90 Å². The van der Waals surface area contributed by atoms with Crippen LogP contribution in [0.1, 0.15) is 50.4 Å². The fourth-order valence-corrected chi connectivity index (χ4v) is 2.43. The topological polar surface area (TPSA) is 66.8 Å². The Morgan fingerprint density at radius 3 is 2.33 bits per heavy atom. The molecule has 1 aromatic carbocycles. The second kappa shape index (κ2) is 8.18. The second-order valence-electron chi connectivity index (χ2n) is 6.98. The van der Waals surface area contributed by atoms with Crippen molar-refractivity contribution in [2.75, 3.05) is 13.2 Å². The van der Waals surface area contributed by atoms with Crippen LogP contribution in [-0.4, -0.2) is 41.1 Å². The van der Waals surface area contributed by atoms with Gasteiger partial charge in [-0.15, -0.1) is 0 Å². The van der Waals surface area contributed by atoms with Gasteiger partial charge in [-0.1, -0.05) is 20.8 Å². The van der Waals surface area contributed by atoms with Crippen molar-refractivity contribution in [2.45, 2.75) is 46.1 Å². The first-order valence-corrected chi connectivity index (χ1v) is 8.65. The number of carbonyl (C=O) groups is 2. The number of amides is 1. The third-order valence-electron chi connectivity index (χ3n) is 4.21. The Labute approximate surface area is 143 Å². The Morgan fingerprint density at radius 2 is 1.83 bits per heavy atom. The van der Waals surface area contributed by atoms with E-state index in [4.69, 9.17) is 9.84 Å². The summed E-state index contributed by atoms with van der Waals surface area (Å²) in [6.07, 6.45) is 2.90. The highest BCUT2D eigenvalue weighted by Gasteiger charge is 2.34. The van der Waals surface area contributed by atoms with E-state index in [2.05, 4.69) is 13.8 Å². The van der Waals surface area contributed by atoms with Gasteiger partial charge in [0, 0.05) is 18.2 Å². The lowest BCUT2D eigenvalue weighted by atomic mass is 10.1. The molecule has 5 nitrogen and oxygen atoms in total. The standard InChI is InChI=1S/C19H27NO4/c1-13(2)10-11-24-17-8-4-15(5-9-17)18(21)20(16-6-7-16)12-14(3)19(22)23/h4-5,8-9,13-14,16H,6-7,10-12H2,1-3H3,(H,22,23). The number of benzene rings is 1. The average molecular weight is 333 g/mol. The maximum absolute atomic E-state index is 12.7. The fraction of sp³-hybridized carbons (Fsp3) is 0.579. The number of ether oxygens (including phenoxy) is 1. The quantitative estimate of drug-likeness (QED) is 0.752. The molecule has 0 aliphatic heterocycles. The largest absolute Gasteiger partial charge is 0.494 e. The molecule has 1 atom stereocenters. The van der Waals surface area contributed by atoms with Crippen molar-refractivity contribution in [3.8, 4) is 5.75 Å². The summed E-state index contributed by atoms with van der Waals surface area (Å²) in [4.78, 5) is 25.5. The Kier molecular flexibility index (Phi) is 6.23. The van der Waals surface area contributed by atoms with E-state index in [1.165, 1.54) is 0 Å². The Hall–Kier alpha value is -2.04. The molecule has 0 spiro atoms. The maximum Gasteiger partial charge on any atom is 0.308 e. The van der Waals surface area contributed by atoms with E-state index >= 15 is 0 Å². The van der Waals surface area contributed by atoms with Crippen LogP contribution in [0.2, 0.25) is 0 Å². The molecule has 0 bridgehead atoms. The zero-order valence-electron chi connectivity index (χ0n) is 14.7. The summed E-state index contributed by atoms with van der Waals surface area (Å²) in [6.45, 7) is 6.85. The molecule has 1 aliphatic rings. The average Bonchev–Trinajstić information content (AvgIpc) is 3.36. The molecule has 1 aliphatic carbocycles. The monoisotopic (exact) mass is 333 g/mol. The number of aliphatic carboxylic acids is 1. The Bertz CT molecular complexity index is 563. The van der Waals surface area contributed by atoms with Crippen LogP contribution in [-0.2, 0) is 4.79 Å². The van der Waals surface area contributed by atoms with Crippen LogP contribution < -0.4 is 4.74 Å². The molecule has 1 fully saturated rings. The van der Waals surface area contributed by atoms with Crippen molar-refractivity contribution in [3.63, 3.8) is 0 Å². The van der Waals surface area contributed by atoms with Crippen LogP contribution in [0.5, 0.6) is 5.75 Å². The van der Waals surface area contributed by atoms with E-state index in [1.807, 2.05) is 0 Å². The van der Waals surface area contributed by atoms with Gasteiger partial charge < -0.3 is 14.7 Å². The van der Waals surface area contributed by atoms with Crippen LogP contribution in [0, 0.1) is 11.8 Å². The zero-order chi connectivity index (χ0) is 17.7. The number of carboxylic acids is 1. The molecule has 1 saturated carbocycles. The molecule has 0 heterocycles. The molecule has 0 saturated heterocycles. The predicted molar refractivity (Wildman–Crippen MR) is 92.3 cm³/mol. The number of carbonyl (C=O) groups excluding carboxylic acids is 1. The lowest BCUT2D eigenvalue weighted by molar-refractivity contribution is -0.141. The highest BCUT2D eigenvalue weighted by atomic mass is 16.5. The number of rotatable bonds is 9. The summed E-state index contributed by atoms with van der Waals surface area (Å²) < 4.78 is 5.67. The van der Waals surface area contributed by atoms with E-state index in [0.29, 0.717) is 18.1 Å². The summed E-state index contributed by atoms with van der Waals surface area (Å²) in [5.74, 6) is -0.187. The molecule has 24 heavy (non-hydrogen) atoms. The lowest BCUT2D eigenvalue weighted by Crippen LogP contribution is -2.38. The van der Waals surface area contributed by atoms with Gasteiger partial charge in [0.15, 0.2) is 0 Å². The summed E-state index contributed by atoms with van der Waals surface area (Å²) >= 11 is 0. The van der Waals surface area contributed by atoms with Crippen molar-refractivity contribution in [3.05, 3.63) is 29.8 Å². The minimum absolute atomic E-state index is 0.0978. The van der Waals surface area contributed by atoms with E-state index in [9.17, 15) is 9.59 Å².